The highest BCUT2D eigenvalue weighted by atomic mass is 79.9. The molecule has 0 fully saturated rings. The minimum atomic E-state index is -1.06. The number of aliphatic hydroxyl groups is 3. The molecule has 28 heteroatoms. The van der Waals surface area contributed by atoms with Gasteiger partial charge in [-0.05, 0) is 354 Å². The molecule has 0 bridgehead atoms. The lowest BCUT2D eigenvalue weighted by molar-refractivity contribution is -0.0295. The van der Waals surface area contributed by atoms with E-state index in [1.807, 2.05) is 199 Å². The molecule has 13 rings (SSSR count). The maximum absolute atomic E-state index is 12.2. The van der Waals surface area contributed by atoms with E-state index in [0.717, 1.165) is 136 Å². The molecule has 6 amide bonds. The number of carbonyl (C=O) groups excluding carboxylic acids is 8. The lowest BCUT2D eigenvalue weighted by Gasteiger charge is -2.20. The molecule has 0 spiro atoms. The zero-order chi connectivity index (χ0) is 109. The van der Waals surface area contributed by atoms with Crippen molar-refractivity contribution in [1.82, 2.24) is 20.9 Å². The van der Waals surface area contributed by atoms with E-state index in [4.69, 9.17) is 63.2 Å². The van der Waals surface area contributed by atoms with Gasteiger partial charge in [0.1, 0.15) is 22.4 Å². The van der Waals surface area contributed by atoms with Gasteiger partial charge < -0.3 is 61.1 Å². The molecule has 0 saturated heterocycles. The first-order chi connectivity index (χ1) is 69.5. The molecule has 2 aliphatic rings. The summed E-state index contributed by atoms with van der Waals surface area (Å²) in [6.45, 7) is 28.5. The van der Waals surface area contributed by atoms with Crippen LogP contribution in [0.3, 0.4) is 0 Å². The first-order valence-corrected chi connectivity index (χ1v) is 51.0. The summed E-state index contributed by atoms with van der Waals surface area (Å²) in [6.07, 6.45) is 13.4. The molecule has 2 aliphatic heterocycles. The second-order valence-electron chi connectivity index (χ2n) is 35.7. The molecular weight excluding hydrogens is 2140 g/mol. The van der Waals surface area contributed by atoms with Crippen LogP contribution in [0, 0.1) is 47.1 Å². The average molecular weight is 2300 g/mol. The molecule has 0 aliphatic carbocycles. The Morgan fingerprint density at radius 3 is 0.899 bits per heavy atom. The monoisotopic (exact) mass is 2290 g/mol. The van der Waals surface area contributed by atoms with E-state index in [0.29, 0.717) is 41.9 Å². The second kappa shape index (κ2) is 79.1. The fourth-order valence-electron chi connectivity index (χ4n) is 12.3. The number of halogens is 4. The van der Waals surface area contributed by atoms with Gasteiger partial charge in [0.05, 0.1) is 22.3 Å². The second-order valence-corrected chi connectivity index (χ2v) is 39.4. The fraction of sp³-hybridized carbons (Fsp3) is 0.339. The third-order valence-electron chi connectivity index (χ3n) is 18.5. The predicted molar refractivity (Wildman–Crippen MR) is 619 cm³/mol. The number of rotatable bonds is 21. The van der Waals surface area contributed by atoms with Crippen molar-refractivity contribution in [2.24, 2.45) is 11.5 Å². The van der Waals surface area contributed by atoms with Crippen molar-refractivity contribution in [3.05, 3.63) is 386 Å². The first-order valence-electron chi connectivity index (χ1n) is 47.8. The van der Waals surface area contributed by atoms with Crippen LogP contribution in [0.5, 0.6) is 0 Å². The summed E-state index contributed by atoms with van der Waals surface area (Å²) in [5, 5.41) is 31.5. The number of aliphatic hydroxyl groups excluding tert-OH is 3. The zero-order valence-corrected chi connectivity index (χ0v) is 92.5. The van der Waals surface area contributed by atoms with Gasteiger partial charge >= 0.3 is 24.5 Å². The third kappa shape index (κ3) is 66.8. The SMILES string of the molecule is C.C.C.C#Cc1ccccc1.CC(C)(C)OC(=O)NCCCc1cccc(Br)c1.CC(C)(C)OC(=O)NCCCc1cccc(C#Cc2ccccc2)c1.CC(C)(C)OC(=O)OC(=O)OC(C)(C)C.CCO.CCO.N=N.NCCCc1cccc(Br)c1.NCCCc1cccc(C#Cc2ccccc2)c1.O=C1NC(=O)c2ccccc21.O=C1c2ccccc2C(=O)N1CCCc1cccc(Br)c1.OCCCc1cccc(Br)c1.[HH]. The Labute approximate surface area is 920 Å². The summed E-state index contributed by atoms with van der Waals surface area (Å²) >= 11 is 13.7. The highest BCUT2D eigenvalue weighted by Crippen LogP contribution is 2.25. The van der Waals surface area contributed by atoms with Crippen LogP contribution in [-0.4, -0.2) is 143 Å². The van der Waals surface area contributed by atoms with E-state index in [9.17, 15) is 38.4 Å². The lowest BCUT2D eigenvalue weighted by Crippen LogP contribution is -2.33. The molecule has 24 nitrogen and oxygen atoms in total. The number of fused-ring (bicyclic) bond motifs is 2. The summed E-state index contributed by atoms with van der Waals surface area (Å²) in [4.78, 5) is 92.6. The quantitative estimate of drug-likeness (QED) is 0.00607. The van der Waals surface area contributed by atoms with Crippen molar-refractivity contribution in [1.29, 1.82) is 11.1 Å². The van der Waals surface area contributed by atoms with Crippen molar-refractivity contribution in [2.45, 2.75) is 219 Å². The van der Waals surface area contributed by atoms with Crippen LogP contribution in [0.1, 0.15) is 262 Å². The number of hydrogen-bond donors (Lipinski definition) is 10. The molecule has 0 saturated carbocycles. The van der Waals surface area contributed by atoms with Crippen LogP contribution >= 0.6 is 63.7 Å². The standard InChI is InChI=1S/C22H25NO2.C17H14BrNO2.C17H17N.C14H20BrNO2.C10H18O5.C9H12BrN.C9H11BrO.C8H5NO2.C8H6.2C2H6O.3CH4.H2N2.H2/c1-22(2,3)25-21(24)23-16-8-13-19-11-7-12-20(17-19)15-14-18-9-5-4-6-10-18;18-13-7-3-5-12(11-13)6-4-10-19-16(20)14-8-1-2-9-15(14)17(19)21;18-13-5-10-16-8-4-9-17(14-16)12-11-15-6-2-1-3-7-15;1-14(2,3)18-13(17)16-9-5-7-11-6-4-8-12(15)10-11;1-9(2,3)14-7(11)13-8(12)15-10(4,5)6;2*10-9-5-1-3-8(7-9)4-2-6-11;10-7-5-3-1-2-4-6(5)8(11)9-7;1-2-8-6-4-3-5-7-8;2*1-2-3;;;;1-2;/h4-7,9-12,17H,8,13,16H2,1-3H3,(H,23,24);1-3,5,7-9,11H,4,6,10H2;1-4,6-9,14H,5,10,13,18H2;4,6,8,10H,5,7,9H2,1-3H3,(H,16,17);1-6H3;1,3,5,7H,2,4,6,11H2;1,3,5,7,11H,2,4,6H2;1-4H,(H,9,10,11);1,3-7H;2*3H,2H2,1H3;3*1H4;1-2H;1H. The number of nitrogens with zero attached hydrogens (tertiary/aromatic N) is 1. The van der Waals surface area contributed by atoms with Crippen molar-refractivity contribution >= 4 is 112 Å². The van der Waals surface area contributed by atoms with Gasteiger partial charge in [-0.1, -0.05) is 267 Å². The number of hydrogen-bond acceptors (Lipinski definition) is 20. The third-order valence-corrected chi connectivity index (χ3v) is 20.5. The molecule has 0 aromatic heterocycles. The number of benzene rings is 11. The number of alkyl carbamates (subject to hydrolysis) is 2. The summed E-state index contributed by atoms with van der Waals surface area (Å²) in [6, 6.07) is 92.7. The Morgan fingerprint density at radius 1 is 0.362 bits per heavy atom. The summed E-state index contributed by atoms with van der Waals surface area (Å²) in [7, 11) is 0. The van der Waals surface area contributed by atoms with Gasteiger partial charge in [-0.15, -0.1) is 6.42 Å². The number of nitrogens with two attached hydrogens (primary N) is 2. The van der Waals surface area contributed by atoms with Crippen LogP contribution in [0.2, 0.25) is 0 Å². The van der Waals surface area contributed by atoms with E-state index >= 15 is 0 Å². The maximum Gasteiger partial charge on any atom is 0.519 e. The van der Waals surface area contributed by atoms with E-state index in [-0.39, 0.29) is 79.3 Å². The van der Waals surface area contributed by atoms with Crippen LogP contribution < -0.4 is 27.4 Å². The zero-order valence-electron chi connectivity index (χ0n) is 86.1. The molecule has 11 aromatic rings. The topological polar surface area (TPSA) is 382 Å². The van der Waals surface area contributed by atoms with E-state index in [2.05, 4.69) is 193 Å². The number of aryl methyl sites for hydroxylation is 6. The van der Waals surface area contributed by atoms with Crippen molar-refractivity contribution in [3.63, 3.8) is 0 Å². The summed E-state index contributed by atoms with van der Waals surface area (Å²) < 4.78 is 28.5. The van der Waals surface area contributed by atoms with E-state index in [1.54, 1.807) is 104 Å². The summed E-state index contributed by atoms with van der Waals surface area (Å²) in [5.41, 5.74) is 33.3. The number of imide groups is 2. The predicted octanol–water partition coefficient (Wildman–Crippen LogP) is 27.7. The van der Waals surface area contributed by atoms with Crippen LogP contribution in [0.15, 0.2) is 303 Å². The van der Waals surface area contributed by atoms with Gasteiger partial charge in [-0.25, -0.2) is 30.2 Å². The highest BCUT2D eigenvalue weighted by molar-refractivity contribution is 9.11. The Morgan fingerprint density at radius 2 is 0.617 bits per heavy atom. The Bertz CT molecular complexity index is 5760. The van der Waals surface area contributed by atoms with Crippen molar-refractivity contribution in [2.75, 3.05) is 52.5 Å². The first kappa shape index (κ1) is 138. The number of nitrogens with one attached hydrogen (secondary N) is 5. The van der Waals surface area contributed by atoms with E-state index in [1.165, 1.54) is 38.3 Å². The van der Waals surface area contributed by atoms with Gasteiger partial charge in [0.25, 0.3) is 23.6 Å². The Kier molecular flexibility index (Phi) is 73.3. The van der Waals surface area contributed by atoms with Crippen LogP contribution in [0.4, 0.5) is 19.2 Å². The Balaban J connectivity index is -0.00000162. The lowest BCUT2D eigenvalue weighted by atomic mass is 10.1. The average Bonchev–Trinajstić information content (AvgIpc) is 1.64. The maximum atomic E-state index is 12.2. The molecule has 0 atom stereocenters. The fourth-order valence-corrected chi connectivity index (χ4v) is 14.1. The van der Waals surface area contributed by atoms with Gasteiger partial charge in [0, 0.05) is 86.6 Å². The number of carbonyl (C=O) groups is 8. The van der Waals surface area contributed by atoms with Crippen LogP contribution in [-0.2, 0) is 62.2 Å². The molecule has 12 N–H and O–H groups in total. The van der Waals surface area contributed by atoms with Crippen molar-refractivity contribution < 1.29 is 78.8 Å². The smallest absolute Gasteiger partial charge is 0.444 e. The van der Waals surface area contributed by atoms with Gasteiger partial charge in [-0.2, -0.15) is 0 Å². The molecule has 804 valence electrons. The largest absolute Gasteiger partial charge is 0.519 e. The van der Waals surface area contributed by atoms with Crippen molar-refractivity contribution in [3.8, 4) is 36.0 Å². The van der Waals surface area contributed by atoms with Gasteiger partial charge in [-0.3, -0.25) is 29.4 Å². The minimum Gasteiger partial charge on any atom is -0.444 e. The molecular formula is C121H156Br4N8O16. The Hall–Kier alpha value is -13.0. The number of terminal acetylenes is 1. The molecule has 0 radical (unpaired) electrons. The number of amides is 6. The molecule has 0 unspecified atom stereocenters. The van der Waals surface area contributed by atoms with Gasteiger partial charge in [0.2, 0.25) is 0 Å². The van der Waals surface area contributed by atoms with Gasteiger partial charge in [0.15, 0.2) is 0 Å². The molecule has 2 heterocycles. The highest BCUT2D eigenvalue weighted by Gasteiger charge is 2.35. The van der Waals surface area contributed by atoms with Crippen LogP contribution in [0.25, 0.3) is 0 Å². The molecule has 149 heavy (non-hydrogen) atoms. The molecule has 11 aromatic carbocycles. The minimum absolute atomic E-state index is 0. The normalized spacial score (nSPS) is 10.6. The number of ether oxygens (including phenoxy) is 5. The summed E-state index contributed by atoms with van der Waals surface area (Å²) in [5.74, 6) is 14.3. The van der Waals surface area contributed by atoms with E-state index < -0.39 is 34.7 Å².